The van der Waals surface area contributed by atoms with E-state index in [1.54, 1.807) is 6.26 Å². The molecule has 1 fully saturated rings. The van der Waals surface area contributed by atoms with Gasteiger partial charge in [-0.15, -0.1) is 0 Å². The minimum Gasteiger partial charge on any atom is -0.617 e. The Balaban J connectivity index is 1.38. The summed E-state index contributed by atoms with van der Waals surface area (Å²) in [6.45, 7) is 4.39. The van der Waals surface area contributed by atoms with Crippen LogP contribution in [-0.4, -0.2) is 50.9 Å². The molecule has 1 spiro atoms. The molecule has 0 bridgehead atoms. The van der Waals surface area contributed by atoms with E-state index >= 15 is 0 Å². The SMILES string of the molecule is C[S+]([O-])CCn1cc(CN2CCC3(CC2)OCCc2ccc(Cl)cc23)cn1. The number of piperidine rings is 1. The molecule has 0 amide bonds. The van der Waals surface area contributed by atoms with Gasteiger partial charge in [-0.3, -0.25) is 9.58 Å². The van der Waals surface area contributed by atoms with Crippen LogP contribution < -0.4 is 0 Å². The second kappa shape index (κ2) is 8.13. The quantitative estimate of drug-likeness (QED) is 0.715. The molecule has 7 heteroatoms. The average molecular weight is 408 g/mol. The maximum atomic E-state index is 11.2. The lowest BCUT2D eigenvalue weighted by Gasteiger charge is -2.45. The summed E-state index contributed by atoms with van der Waals surface area (Å²) < 4.78 is 19.4. The van der Waals surface area contributed by atoms with Gasteiger partial charge in [0.2, 0.25) is 0 Å². The molecule has 2 aliphatic rings. The zero-order valence-electron chi connectivity index (χ0n) is 15.7. The zero-order chi connectivity index (χ0) is 18.9. The first kappa shape index (κ1) is 19.3. The number of ether oxygens (including phenoxy) is 1. The normalized spacial score (nSPS) is 20.6. The largest absolute Gasteiger partial charge is 0.617 e. The van der Waals surface area contributed by atoms with E-state index in [9.17, 15) is 4.55 Å². The highest BCUT2D eigenvalue weighted by Crippen LogP contribution is 2.42. The second-order valence-corrected chi connectivity index (χ2v) is 9.55. The Morgan fingerprint density at radius 1 is 1.33 bits per heavy atom. The van der Waals surface area contributed by atoms with Crippen molar-refractivity contribution < 1.29 is 9.29 Å². The molecule has 1 aromatic heterocycles. The summed E-state index contributed by atoms with van der Waals surface area (Å²) >= 11 is 5.48. The van der Waals surface area contributed by atoms with E-state index < -0.39 is 11.2 Å². The van der Waals surface area contributed by atoms with Crippen molar-refractivity contribution in [3.05, 3.63) is 52.3 Å². The molecular formula is C20H26ClN3O2S. The summed E-state index contributed by atoms with van der Waals surface area (Å²) in [6, 6.07) is 6.25. The van der Waals surface area contributed by atoms with Crippen LogP contribution in [0.5, 0.6) is 0 Å². The fraction of sp³-hybridized carbons (Fsp3) is 0.550. The van der Waals surface area contributed by atoms with E-state index in [1.165, 1.54) is 16.7 Å². The molecule has 27 heavy (non-hydrogen) atoms. The van der Waals surface area contributed by atoms with Gasteiger partial charge >= 0.3 is 0 Å². The summed E-state index contributed by atoms with van der Waals surface area (Å²) in [6.07, 6.45) is 8.68. The van der Waals surface area contributed by atoms with Crippen LogP contribution in [0.15, 0.2) is 30.6 Å². The van der Waals surface area contributed by atoms with Gasteiger partial charge in [-0.25, -0.2) is 0 Å². The van der Waals surface area contributed by atoms with Gasteiger partial charge < -0.3 is 9.29 Å². The standard InChI is InChI=1S/C20H26ClN3O2S/c1-27(25)11-9-24-15-16(13-22-24)14-23-7-5-20(6-8-23)19-12-18(21)3-2-17(19)4-10-26-20/h2-3,12-13,15H,4-11,14H2,1H3. The van der Waals surface area contributed by atoms with Crippen LogP contribution in [0.25, 0.3) is 0 Å². The Labute approximate surface area is 168 Å². The molecule has 0 aliphatic carbocycles. The Bertz CT molecular complexity index is 787. The van der Waals surface area contributed by atoms with Crippen LogP contribution in [0.2, 0.25) is 5.02 Å². The molecule has 146 valence electrons. The van der Waals surface area contributed by atoms with E-state index in [4.69, 9.17) is 16.3 Å². The maximum Gasteiger partial charge on any atom is 0.124 e. The van der Waals surface area contributed by atoms with Crippen molar-refractivity contribution in [1.82, 2.24) is 14.7 Å². The monoisotopic (exact) mass is 407 g/mol. The smallest absolute Gasteiger partial charge is 0.124 e. The number of likely N-dealkylation sites (tertiary alicyclic amines) is 1. The molecule has 2 aromatic rings. The van der Waals surface area contributed by atoms with Gasteiger partial charge in [-0.1, -0.05) is 28.8 Å². The summed E-state index contributed by atoms with van der Waals surface area (Å²) in [5.41, 5.74) is 3.71. The number of benzene rings is 1. The van der Waals surface area contributed by atoms with Crippen molar-refractivity contribution in [2.45, 2.75) is 38.0 Å². The summed E-state index contributed by atoms with van der Waals surface area (Å²) in [4.78, 5) is 2.47. The maximum absolute atomic E-state index is 11.2. The third-order valence-corrected chi connectivity index (χ3v) is 6.67. The molecule has 5 nitrogen and oxygen atoms in total. The molecule has 1 atom stereocenters. The van der Waals surface area contributed by atoms with E-state index in [2.05, 4.69) is 28.3 Å². The fourth-order valence-corrected chi connectivity index (χ4v) is 4.82. The highest BCUT2D eigenvalue weighted by Gasteiger charge is 2.40. The van der Waals surface area contributed by atoms with Gasteiger partial charge in [0.05, 0.1) is 31.2 Å². The Morgan fingerprint density at radius 2 is 2.15 bits per heavy atom. The van der Waals surface area contributed by atoms with Crippen molar-refractivity contribution in [2.24, 2.45) is 0 Å². The van der Waals surface area contributed by atoms with Crippen molar-refractivity contribution in [1.29, 1.82) is 0 Å². The summed E-state index contributed by atoms with van der Waals surface area (Å²) in [5, 5.41) is 5.19. The van der Waals surface area contributed by atoms with Crippen molar-refractivity contribution in [3.8, 4) is 0 Å². The van der Waals surface area contributed by atoms with Crippen LogP contribution in [0.4, 0.5) is 0 Å². The molecule has 0 saturated carbocycles. The highest BCUT2D eigenvalue weighted by molar-refractivity contribution is 7.90. The van der Waals surface area contributed by atoms with E-state index in [0.29, 0.717) is 12.3 Å². The Kier molecular flexibility index (Phi) is 5.81. The number of nitrogens with zero attached hydrogens (tertiary/aromatic N) is 3. The van der Waals surface area contributed by atoms with Crippen molar-refractivity contribution in [2.75, 3.05) is 31.7 Å². The molecule has 4 rings (SSSR count). The molecule has 1 aromatic carbocycles. The Hall–Kier alpha value is -1.05. The number of halogens is 1. The number of rotatable bonds is 5. The van der Waals surface area contributed by atoms with E-state index in [-0.39, 0.29) is 5.60 Å². The summed E-state index contributed by atoms with van der Waals surface area (Å²) in [5.74, 6) is 0.645. The second-order valence-electron chi connectivity index (χ2n) is 7.56. The van der Waals surface area contributed by atoms with Crippen molar-refractivity contribution >= 4 is 22.8 Å². The van der Waals surface area contributed by atoms with Crippen LogP contribution in [-0.2, 0) is 41.0 Å². The molecule has 1 saturated heterocycles. The number of hydrogen-bond donors (Lipinski definition) is 0. The van der Waals surface area contributed by atoms with Crippen LogP contribution in [0.1, 0.15) is 29.5 Å². The third-order valence-electron chi connectivity index (χ3n) is 5.68. The van der Waals surface area contributed by atoms with Gasteiger partial charge in [0.15, 0.2) is 0 Å². The third kappa shape index (κ3) is 4.35. The first-order valence-corrected chi connectivity index (χ1v) is 11.6. The predicted molar refractivity (Wildman–Crippen MR) is 108 cm³/mol. The molecule has 0 N–H and O–H groups in total. The minimum atomic E-state index is -0.784. The molecular weight excluding hydrogens is 382 g/mol. The lowest BCUT2D eigenvalue weighted by Crippen LogP contribution is -2.46. The van der Waals surface area contributed by atoms with E-state index in [1.807, 2.05) is 16.9 Å². The van der Waals surface area contributed by atoms with Gasteiger partial charge in [0.25, 0.3) is 0 Å². The molecule has 1 unspecified atom stereocenters. The lowest BCUT2D eigenvalue weighted by molar-refractivity contribution is -0.0989. The van der Waals surface area contributed by atoms with Gasteiger partial charge in [0.1, 0.15) is 5.75 Å². The summed E-state index contributed by atoms with van der Waals surface area (Å²) in [7, 11) is 0. The van der Waals surface area contributed by atoms with Gasteiger partial charge in [-0.2, -0.15) is 5.10 Å². The van der Waals surface area contributed by atoms with Crippen LogP contribution in [0.3, 0.4) is 0 Å². The zero-order valence-corrected chi connectivity index (χ0v) is 17.3. The highest BCUT2D eigenvalue weighted by atomic mass is 35.5. The first-order chi connectivity index (χ1) is 13.0. The van der Waals surface area contributed by atoms with Gasteiger partial charge in [0, 0.05) is 36.4 Å². The predicted octanol–water partition coefficient (Wildman–Crippen LogP) is 2.98. The molecule has 2 aliphatic heterocycles. The van der Waals surface area contributed by atoms with Crippen LogP contribution in [0, 0.1) is 0 Å². The van der Waals surface area contributed by atoms with Gasteiger partial charge in [-0.05, 0) is 42.5 Å². The topological polar surface area (TPSA) is 53.3 Å². The molecule has 0 radical (unpaired) electrons. The average Bonchev–Trinajstić information content (AvgIpc) is 3.10. The number of aromatic nitrogens is 2. The fourth-order valence-electron chi connectivity index (χ4n) is 4.20. The lowest BCUT2D eigenvalue weighted by atomic mass is 9.79. The van der Waals surface area contributed by atoms with E-state index in [0.717, 1.165) is 50.5 Å². The number of aryl methyl sites for hydroxylation is 1. The van der Waals surface area contributed by atoms with Crippen LogP contribution >= 0.6 is 11.6 Å². The number of fused-ring (bicyclic) bond motifs is 2. The van der Waals surface area contributed by atoms with Crippen molar-refractivity contribution in [3.63, 3.8) is 0 Å². The Morgan fingerprint density at radius 3 is 2.93 bits per heavy atom. The first-order valence-electron chi connectivity index (χ1n) is 9.51. The minimum absolute atomic E-state index is 0.176. The molecule has 3 heterocycles. The number of hydrogen-bond acceptors (Lipinski definition) is 4.